The lowest BCUT2D eigenvalue weighted by Crippen LogP contribution is -2.05. The number of alkyl halides is 1. The van der Waals surface area contributed by atoms with E-state index < -0.39 is 0 Å². The Hall–Kier alpha value is -0.300. The SMILES string of the molecule is Cc1ccc(C)c(C(Br)C2C3C4CCC(C4)C32)c1. The summed E-state index contributed by atoms with van der Waals surface area (Å²) >= 11 is 4.04. The molecule has 3 aliphatic rings. The minimum atomic E-state index is 0.607. The van der Waals surface area contributed by atoms with Gasteiger partial charge in [0, 0.05) is 4.83 Å². The predicted octanol–water partition coefficient (Wildman–Crippen LogP) is 5.03. The summed E-state index contributed by atoms with van der Waals surface area (Å²) in [5, 5.41) is 0. The van der Waals surface area contributed by atoms with Crippen molar-refractivity contribution in [2.24, 2.45) is 29.6 Å². The standard InChI is InChI=1S/C17H21Br/c1-9-3-4-10(2)13(7-9)17(18)16-14-11-5-6-12(8-11)15(14)16/h3-4,7,11-12,14-17H,5-6,8H2,1-2H3. The van der Waals surface area contributed by atoms with Crippen LogP contribution in [0, 0.1) is 43.4 Å². The zero-order chi connectivity index (χ0) is 12.4. The molecule has 0 radical (unpaired) electrons. The van der Waals surface area contributed by atoms with Crippen molar-refractivity contribution in [3.8, 4) is 0 Å². The quantitative estimate of drug-likeness (QED) is 0.672. The highest BCUT2D eigenvalue weighted by molar-refractivity contribution is 9.09. The number of aryl methyl sites for hydroxylation is 2. The predicted molar refractivity (Wildman–Crippen MR) is 78.9 cm³/mol. The van der Waals surface area contributed by atoms with E-state index in [1.807, 2.05) is 0 Å². The molecule has 0 N–H and O–H groups in total. The van der Waals surface area contributed by atoms with Crippen molar-refractivity contribution in [1.82, 2.24) is 0 Å². The van der Waals surface area contributed by atoms with Crippen LogP contribution in [-0.2, 0) is 0 Å². The Morgan fingerprint density at radius 3 is 2.44 bits per heavy atom. The summed E-state index contributed by atoms with van der Waals surface area (Å²) in [6.45, 7) is 4.47. The maximum absolute atomic E-state index is 4.04. The number of halogens is 1. The molecule has 3 saturated carbocycles. The zero-order valence-corrected chi connectivity index (χ0v) is 12.8. The van der Waals surface area contributed by atoms with E-state index in [0.29, 0.717) is 4.83 Å². The van der Waals surface area contributed by atoms with Gasteiger partial charge in [-0.15, -0.1) is 0 Å². The molecule has 2 bridgehead atoms. The van der Waals surface area contributed by atoms with Crippen LogP contribution in [-0.4, -0.2) is 0 Å². The Labute approximate surface area is 118 Å². The van der Waals surface area contributed by atoms with Crippen LogP contribution in [0.5, 0.6) is 0 Å². The van der Waals surface area contributed by atoms with Gasteiger partial charge < -0.3 is 0 Å². The molecule has 0 amide bonds. The lowest BCUT2D eigenvalue weighted by Gasteiger charge is -2.17. The third-order valence-electron chi connectivity index (χ3n) is 5.86. The molecule has 5 unspecified atom stereocenters. The van der Waals surface area contributed by atoms with Gasteiger partial charge in [-0.25, -0.2) is 0 Å². The zero-order valence-electron chi connectivity index (χ0n) is 11.2. The van der Waals surface area contributed by atoms with Crippen LogP contribution >= 0.6 is 15.9 Å². The van der Waals surface area contributed by atoms with Crippen molar-refractivity contribution in [2.45, 2.75) is 37.9 Å². The van der Waals surface area contributed by atoms with Gasteiger partial charge >= 0.3 is 0 Å². The Balaban J connectivity index is 1.61. The fourth-order valence-corrected chi connectivity index (χ4v) is 6.25. The number of rotatable bonds is 2. The topological polar surface area (TPSA) is 0 Å². The van der Waals surface area contributed by atoms with E-state index in [9.17, 15) is 0 Å². The molecule has 1 aromatic carbocycles. The van der Waals surface area contributed by atoms with Gasteiger partial charge in [0.15, 0.2) is 0 Å². The monoisotopic (exact) mass is 304 g/mol. The first-order valence-electron chi connectivity index (χ1n) is 7.38. The molecule has 0 aromatic heterocycles. The Bertz CT molecular complexity index is 476. The molecule has 96 valence electrons. The van der Waals surface area contributed by atoms with Gasteiger partial charge in [-0.1, -0.05) is 39.7 Å². The van der Waals surface area contributed by atoms with E-state index in [1.165, 1.54) is 24.0 Å². The molecule has 5 atom stereocenters. The minimum absolute atomic E-state index is 0.607. The van der Waals surface area contributed by atoms with Crippen molar-refractivity contribution in [3.63, 3.8) is 0 Å². The fraction of sp³-hybridized carbons (Fsp3) is 0.647. The highest BCUT2D eigenvalue weighted by Crippen LogP contribution is 2.73. The molecule has 0 aliphatic heterocycles. The highest BCUT2D eigenvalue weighted by Gasteiger charge is 2.66. The van der Waals surface area contributed by atoms with Crippen LogP contribution < -0.4 is 0 Å². The van der Waals surface area contributed by atoms with E-state index in [0.717, 1.165) is 29.6 Å². The van der Waals surface area contributed by atoms with Gasteiger partial charge in [0.1, 0.15) is 0 Å². The molecule has 0 saturated heterocycles. The number of benzene rings is 1. The van der Waals surface area contributed by atoms with Crippen LogP contribution in [0.1, 0.15) is 40.8 Å². The summed E-state index contributed by atoms with van der Waals surface area (Å²) in [7, 11) is 0. The molecule has 0 nitrogen and oxygen atoms in total. The molecular weight excluding hydrogens is 284 g/mol. The molecule has 1 aromatic rings. The minimum Gasteiger partial charge on any atom is -0.0835 e. The summed E-state index contributed by atoms with van der Waals surface area (Å²) < 4.78 is 0. The van der Waals surface area contributed by atoms with Gasteiger partial charge in [-0.3, -0.25) is 0 Å². The molecular formula is C17H21Br. The van der Waals surface area contributed by atoms with Gasteiger partial charge in [0.25, 0.3) is 0 Å². The summed E-state index contributed by atoms with van der Waals surface area (Å²) in [5.74, 6) is 5.23. The lowest BCUT2D eigenvalue weighted by molar-refractivity contribution is 0.456. The second-order valence-corrected chi connectivity index (χ2v) is 7.81. The Morgan fingerprint density at radius 1 is 1.11 bits per heavy atom. The Morgan fingerprint density at radius 2 is 1.78 bits per heavy atom. The largest absolute Gasteiger partial charge is 0.0835 e. The molecule has 18 heavy (non-hydrogen) atoms. The number of hydrogen-bond donors (Lipinski definition) is 0. The maximum Gasteiger partial charge on any atom is 0.0431 e. The molecule has 3 fully saturated rings. The maximum atomic E-state index is 4.04. The average molecular weight is 305 g/mol. The second kappa shape index (κ2) is 3.85. The summed E-state index contributed by atoms with van der Waals surface area (Å²) in [5.41, 5.74) is 4.41. The smallest absolute Gasteiger partial charge is 0.0431 e. The first kappa shape index (κ1) is 11.5. The lowest BCUT2D eigenvalue weighted by atomic mass is 9.94. The third kappa shape index (κ3) is 1.49. The first-order valence-corrected chi connectivity index (χ1v) is 8.29. The van der Waals surface area contributed by atoms with E-state index in [2.05, 4.69) is 48.0 Å². The van der Waals surface area contributed by atoms with E-state index in [-0.39, 0.29) is 0 Å². The normalized spacial score (nSPS) is 41.8. The average Bonchev–Trinajstić information content (AvgIpc) is 2.79. The summed E-state index contributed by atoms with van der Waals surface area (Å²) in [4.78, 5) is 0.607. The van der Waals surface area contributed by atoms with E-state index in [4.69, 9.17) is 0 Å². The number of fused-ring (bicyclic) bond motifs is 5. The van der Waals surface area contributed by atoms with Crippen LogP contribution in [0.4, 0.5) is 0 Å². The Kier molecular flexibility index (Phi) is 2.46. The summed E-state index contributed by atoms with van der Waals surface area (Å²) in [6, 6.07) is 6.91. The number of hydrogen-bond acceptors (Lipinski definition) is 0. The van der Waals surface area contributed by atoms with Crippen LogP contribution in [0.25, 0.3) is 0 Å². The molecule has 0 spiro atoms. The van der Waals surface area contributed by atoms with Crippen LogP contribution in [0.15, 0.2) is 18.2 Å². The third-order valence-corrected chi connectivity index (χ3v) is 6.97. The van der Waals surface area contributed by atoms with Crippen molar-refractivity contribution < 1.29 is 0 Å². The molecule has 0 heterocycles. The van der Waals surface area contributed by atoms with Crippen LogP contribution in [0.2, 0.25) is 0 Å². The molecule has 3 aliphatic carbocycles. The second-order valence-electron chi connectivity index (χ2n) is 6.83. The fourth-order valence-electron chi connectivity index (χ4n) is 5.05. The van der Waals surface area contributed by atoms with Gasteiger partial charge in [-0.05, 0) is 73.8 Å². The molecule has 4 rings (SSSR count). The van der Waals surface area contributed by atoms with Gasteiger partial charge in [0.05, 0.1) is 0 Å². The van der Waals surface area contributed by atoms with Crippen molar-refractivity contribution in [1.29, 1.82) is 0 Å². The van der Waals surface area contributed by atoms with E-state index in [1.54, 1.807) is 12.0 Å². The van der Waals surface area contributed by atoms with Crippen molar-refractivity contribution >= 4 is 15.9 Å². The van der Waals surface area contributed by atoms with Gasteiger partial charge in [-0.2, -0.15) is 0 Å². The van der Waals surface area contributed by atoms with Crippen molar-refractivity contribution in [3.05, 3.63) is 34.9 Å². The summed E-state index contributed by atoms with van der Waals surface area (Å²) in [6.07, 6.45) is 4.60. The highest BCUT2D eigenvalue weighted by atomic mass is 79.9. The molecule has 1 heteroatoms. The van der Waals surface area contributed by atoms with Crippen LogP contribution in [0.3, 0.4) is 0 Å². The van der Waals surface area contributed by atoms with Gasteiger partial charge in [0.2, 0.25) is 0 Å². The van der Waals surface area contributed by atoms with Crippen molar-refractivity contribution in [2.75, 3.05) is 0 Å². The first-order chi connectivity index (χ1) is 8.66. The van der Waals surface area contributed by atoms with E-state index >= 15 is 0 Å².